The van der Waals surface area contributed by atoms with Crippen LogP contribution in [0.4, 0.5) is 0 Å². The van der Waals surface area contributed by atoms with E-state index < -0.39 is 6.10 Å². The predicted octanol–water partition coefficient (Wildman–Crippen LogP) is 1.77. The summed E-state index contributed by atoms with van der Waals surface area (Å²) in [6, 6.07) is 11.8. The molecule has 0 spiro atoms. The fourth-order valence-electron chi connectivity index (χ4n) is 2.55. The van der Waals surface area contributed by atoms with Crippen molar-refractivity contribution in [2.24, 2.45) is 7.05 Å². The molecule has 0 radical (unpaired) electrons. The highest BCUT2D eigenvalue weighted by Gasteiger charge is 2.08. The zero-order chi connectivity index (χ0) is 18.4. The lowest BCUT2D eigenvalue weighted by molar-refractivity contribution is -0.672. The molecule has 1 aromatic carbocycles. The van der Waals surface area contributed by atoms with Crippen molar-refractivity contribution in [3.05, 3.63) is 47.7 Å². The van der Waals surface area contributed by atoms with Crippen molar-refractivity contribution in [2.45, 2.75) is 31.1 Å². The normalized spacial score (nSPS) is 12.4. The Bertz CT molecular complexity index is 813. The van der Waals surface area contributed by atoms with Crippen LogP contribution in [0.5, 0.6) is 0 Å². The molecule has 0 fully saturated rings. The van der Waals surface area contributed by atoms with Gasteiger partial charge in [-0.15, -0.1) is 5.10 Å². The van der Waals surface area contributed by atoms with E-state index in [0.717, 1.165) is 53.1 Å². The Morgan fingerprint density at radius 3 is 2.73 bits per heavy atom. The van der Waals surface area contributed by atoms with Crippen LogP contribution in [0.25, 0.3) is 11.3 Å². The smallest absolute Gasteiger partial charge is 0.209 e. The first-order chi connectivity index (χ1) is 12.6. The number of furan rings is 1. The molecule has 0 saturated heterocycles. The maximum atomic E-state index is 9.58. The van der Waals surface area contributed by atoms with Crippen LogP contribution in [0.2, 0.25) is 0 Å². The van der Waals surface area contributed by atoms with Crippen LogP contribution in [0.15, 0.2) is 46.0 Å². The number of thioether (sulfide) groups is 1. The maximum absolute atomic E-state index is 9.58. The van der Waals surface area contributed by atoms with Crippen LogP contribution in [0.1, 0.15) is 30.8 Å². The Morgan fingerprint density at radius 1 is 1.23 bits per heavy atom. The zero-order valence-electron chi connectivity index (χ0n) is 15.0. The van der Waals surface area contributed by atoms with Crippen LogP contribution < -0.4 is 5.32 Å². The molecule has 0 unspecified atom stereocenters. The molecule has 3 rings (SSSR count). The van der Waals surface area contributed by atoms with E-state index in [1.807, 2.05) is 43.4 Å². The van der Waals surface area contributed by atoms with Crippen molar-refractivity contribution in [3.8, 4) is 11.3 Å². The molecule has 0 saturated carbocycles. The number of tetrazole rings is 1. The molecule has 2 aromatic heterocycles. The van der Waals surface area contributed by atoms with Crippen molar-refractivity contribution in [1.82, 2.24) is 20.2 Å². The number of aromatic nitrogens is 4. The average Bonchev–Trinajstić information content (AvgIpc) is 3.27. The minimum atomic E-state index is -0.450. The van der Waals surface area contributed by atoms with E-state index in [0.29, 0.717) is 0 Å². The van der Waals surface area contributed by atoms with E-state index in [2.05, 4.69) is 20.8 Å². The SMILES string of the molecule is C[C@H](O)c1ccc(-c2ccc(C[NH2+]CCCSc3nnnn3C)o2)cc1. The topological polar surface area (TPSA) is 93.6 Å². The molecule has 0 amide bonds. The molecule has 26 heavy (non-hydrogen) atoms. The summed E-state index contributed by atoms with van der Waals surface area (Å²) in [6.45, 7) is 3.61. The van der Waals surface area contributed by atoms with Crippen molar-refractivity contribution in [2.75, 3.05) is 12.3 Å². The van der Waals surface area contributed by atoms with Crippen LogP contribution in [-0.2, 0) is 13.6 Å². The number of rotatable bonds is 9. The molecule has 8 heteroatoms. The van der Waals surface area contributed by atoms with Crippen molar-refractivity contribution < 1.29 is 14.8 Å². The predicted molar refractivity (Wildman–Crippen MR) is 99.4 cm³/mol. The summed E-state index contributed by atoms with van der Waals surface area (Å²) in [5.41, 5.74) is 1.93. The molecule has 0 aliphatic rings. The van der Waals surface area contributed by atoms with Gasteiger partial charge in [0.05, 0.1) is 12.6 Å². The molecule has 0 aliphatic heterocycles. The third-order valence-electron chi connectivity index (χ3n) is 4.05. The summed E-state index contributed by atoms with van der Waals surface area (Å²) in [7, 11) is 1.85. The molecule has 138 valence electrons. The third kappa shape index (κ3) is 4.94. The Hall–Kier alpha value is -2.16. The first-order valence-electron chi connectivity index (χ1n) is 8.67. The number of hydrogen-bond acceptors (Lipinski definition) is 6. The first-order valence-corrected chi connectivity index (χ1v) is 9.66. The lowest BCUT2D eigenvalue weighted by Gasteiger charge is -2.04. The van der Waals surface area contributed by atoms with Gasteiger partial charge in [-0.2, -0.15) is 0 Å². The quantitative estimate of drug-likeness (QED) is 0.438. The molecule has 1 atom stereocenters. The number of benzene rings is 1. The van der Waals surface area contributed by atoms with E-state index in [1.165, 1.54) is 0 Å². The summed E-state index contributed by atoms with van der Waals surface area (Å²) in [5, 5.41) is 24.1. The molecule has 3 aromatic rings. The third-order valence-corrected chi connectivity index (χ3v) is 5.15. The molecule has 0 bridgehead atoms. The average molecular weight is 374 g/mol. The Labute approximate surface area is 156 Å². The Morgan fingerprint density at radius 2 is 2.04 bits per heavy atom. The zero-order valence-corrected chi connectivity index (χ0v) is 15.8. The first kappa shape index (κ1) is 18.6. The number of aryl methyl sites for hydroxylation is 1. The van der Waals surface area contributed by atoms with Crippen molar-refractivity contribution in [3.63, 3.8) is 0 Å². The molecule has 0 aliphatic carbocycles. The van der Waals surface area contributed by atoms with E-state index in [4.69, 9.17) is 4.42 Å². The number of nitrogens with two attached hydrogens (primary N) is 1. The fourth-order valence-corrected chi connectivity index (χ4v) is 3.36. The number of quaternary nitrogens is 1. The molecule has 3 N–H and O–H groups in total. The van der Waals surface area contributed by atoms with E-state index >= 15 is 0 Å². The van der Waals surface area contributed by atoms with Gasteiger partial charge in [0.1, 0.15) is 12.3 Å². The van der Waals surface area contributed by atoms with Gasteiger partial charge in [0.2, 0.25) is 5.16 Å². The second-order valence-corrected chi connectivity index (χ2v) is 7.19. The Kier molecular flexibility index (Phi) is 6.43. The summed E-state index contributed by atoms with van der Waals surface area (Å²) in [6.07, 6.45) is 0.625. The number of hydrogen-bond donors (Lipinski definition) is 2. The van der Waals surface area contributed by atoms with Gasteiger partial charge in [-0.25, -0.2) is 4.68 Å². The monoisotopic (exact) mass is 374 g/mol. The number of nitrogens with zero attached hydrogens (tertiary/aromatic N) is 4. The Balaban J connectivity index is 1.40. The lowest BCUT2D eigenvalue weighted by atomic mass is 10.1. The summed E-state index contributed by atoms with van der Waals surface area (Å²) in [4.78, 5) is 0. The summed E-state index contributed by atoms with van der Waals surface area (Å²) < 4.78 is 7.61. The van der Waals surface area contributed by atoms with E-state index in [1.54, 1.807) is 23.4 Å². The van der Waals surface area contributed by atoms with Gasteiger partial charge in [0.25, 0.3) is 0 Å². The minimum Gasteiger partial charge on any atom is -0.455 e. The second kappa shape index (κ2) is 8.98. The van der Waals surface area contributed by atoms with Crippen LogP contribution in [0, 0.1) is 0 Å². The van der Waals surface area contributed by atoms with Crippen LogP contribution >= 0.6 is 11.8 Å². The van der Waals surface area contributed by atoms with Gasteiger partial charge in [0.15, 0.2) is 5.76 Å². The van der Waals surface area contributed by atoms with Gasteiger partial charge in [-0.05, 0) is 35.0 Å². The molecule has 7 nitrogen and oxygen atoms in total. The highest BCUT2D eigenvalue weighted by molar-refractivity contribution is 7.99. The molecular weight excluding hydrogens is 350 g/mol. The van der Waals surface area contributed by atoms with Gasteiger partial charge in [0, 0.05) is 24.8 Å². The highest BCUT2D eigenvalue weighted by atomic mass is 32.2. The van der Waals surface area contributed by atoms with Crippen LogP contribution in [0.3, 0.4) is 0 Å². The van der Waals surface area contributed by atoms with Gasteiger partial charge >= 0.3 is 0 Å². The number of aliphatic hydroxyl groups excluding tert-OH is 1. The fraction of sp³-hybridized carbons (Fsp3) is 0.389. The lowest BCUT2D eigenvalue weighted by Crippen LogP contribution is -2.82. The summed E-state index contributed by atoms with van der Waals surface area (Å²) in [5.74, 6) is 2.81. The largest absolute Gasteiger partial charge is 0.455 e. The van der Waals surface area contributed by atoms with Crippen molar-refractivity contribution in [1.29, 1.82) is 0 Å². The molecule has 2 heterocycles. The maximum Gasteiger partial charge on any atom is 0.209 e. The highest BCUT2D eigenvalue weighted by Crippen LogP contribution is 2.23. The summed E-state index contributed by atoms with van der Waals surface area (Å²) >= 11 is 1.67. The van der Waals surface area contributed by atoms with E-state index in [-0.39, 0.29) is 0 Å². The minimum absolute atomic E-state index is 0.450. The van der Waals surface area contributed by atoms with Crippen molar-refractivity contribution >= 4 is 11.8 Å². The number of aliphatic hydroxyl groups is 1. The van der Waals surface area contributed by atoms with Crippen LogP contribution in [-0.4, -0.2) is 37.6 Å². The second-order valence-electron chi connectivity index (χ2n) is 6.13. The van der Waals surface area contributed by atoms with Gasteiger partial charge in [-0.1, -0.05) is 36.0 Å². The van der Waals surface area contributed by atoms with Gasteiger partial charge < -0.3 is 14.8 Å². The van der Waals surface area contributed by atoms with E-state index in [9.17, 15) is 5.11 Å². The standard InChI is InChI=1S/C18H23N5O2S/c1-13(24)14-4-6-15(7-5-14)17-9-8-16(25-17)12-19-10-3-11-26-18-20-21-22-23(18)2/h4-9,13,19,24H,3,10-12H2,1-2H3/p+1/t13-/m0/s1. The van der Waals surface area contributed by atoms with Gasteiger partial charge in [-0.3, -0.25) is 0 Å². The molecular formula is C18H24N5O2S+.